The molecule has 1 aliphatic heterocycles. The number of rotatable bonds is 2. The van der Waals surface area contributed by atoms with Crippen molar-refractivity contribution in [3.63, 3.8) is 0 Å². The number of carbonyl (C=O) groups is 4. The molecule has 0 radical (unpaired) electrons. The number of anilines is 1. The lowest BCUT2D eigenvalue weighted by Gasteiger charge is -2.12. The molecule has 0 atom stereocenters. The molecule has 0 spiro atoms. The van der Waals surface area contributed by atoms with Gasteiger partial charge < -0.3 is 10.2 Å². The summed E-state index contributed by atoms with van der Waals surface area (Å²) in [5.74, 6) is -5.32. The van der Waals surface area contributed by atoms with Crippen LogP contribution in [0.3, 0.4) is 0 Å². The van der Waals surface area contributed by atoms with Crippen molar-refractivity contribution in [3.8, 4) is 0 Å². The molecular formula is C16H8ClFN2O5. The van der Waals surface area contributed by atoms with E-state index < -0.39 is 29.5 Å². The molecule has 0 unspecified atom stereocenters. The van der Waals surface area contributed by atoms with Crippen LogP contribution in [0, 0.1) is 5.82 Å². The van der Waals surface area contributed by atoms with E-state index in [1.54, 1.807) is 0 Å². The van der Waals surface area contributed by atoms with E-state index in [0.717, 1.165) is 6.07 Å². The van der Waals surface area contributed by atoms with Crippen LogP contribution in [0.2, 0.25) is 5.02 Å². The first-order valence-electron chi connectivity index (χ1n) is 6.84. The average Bonchev–Trinajstić information content (AvgIpc) is 2.83. The van der Waals surface area contributed by atoms with Crippen molar-refractivity contribution < 1.29 is 28.4 Å². The van der Waals surface area contributed by atoms with E-state index in [4.69, 9.17) is 11.6 Å². The number of fused-ring (bicyclic) bond motifs is 1. The van der Waals surface area contributed by atoms with Crippen molar-refractivity contribution in [1.29, 1.82) is 0 Å². The zero-order valence-electron chi connectivity index (χ0n) is 12.3. The fraction of sp³-hybridized carbons (Fsp3) is 0. The Bertz CT molecular complexity index is 895. The summed E-state index contributed by atoms with van der Waals surface area (Å²) < 4.78 is 13.3. The van der Waals surface area contributed by atoms with Crippen molar-refractivity contribution in [3.05, 3.63) is 64.4 Å². The number of hydrogen-bond acceptors (Lipinski definition) is 5. The normalized spacial score (nSPS) is 12.8. The summed E-state index contributed by atoms with van der Waals surface area (Å²) in [6, 6.07) is 9.20. The van der Waals surface area contributed by atoms with Gasteiger partial charge in [0.2, 0.25) is 0 Å². The zero-order valence-corrected chi connectivity index (χ0v) is 13.0. The van der Waals surface area contributed by atoms with Crippen LogP contribution in [0.25, 0.3) is 0 Å². The fourth-order valence-corrected chi connectivity index (χ4v) is 2.25. The van der Waals surface area contributed by atoms with Gasteiger partial charge in [-0.3, -0.25) is 14.4 Å². The molecule has 0 aliphatic carbocycles. The van der Waals surface area contributed by atoms with Gasteiger partial charge in [-0.25, -0.2) is 9.18 Å². The van der Waals surface area contributed by atoms with Crippen LogP contribution in [-0.2, 0) is 14.4 Å². The van der Waals surface area contributed by atoms with Crippen molar-refractivity contribution in [2.75, 3.05) is 5.32 Å². The topological polar surface area (TPSA) is 92.8 Å². The molecule has 25 heavy (non-hydrogen) atoms. The Morgan fingerprint density at radius 2 is 1.64 bits per heavy atom. The fourth-order valence-electron chi connectivity index (χ4n) is 2.13. The van der Waals surface area contributed by atoms with Gasteiger partial charge in [0.1, 0.15) is 5.82 Å². The first-order chi connectivity index (χ1) is 11.9. The van der Waals surface area contributed by atoms with Crippen LogP contribution < -0.4 is 5.32 Å². The number of nitrogens with zero attached hydrogens (tertiary/aromatic N) is 1. The Kier molecular flexibility index (Phi) is 4.20. The monoisotopic (exact) mass is 362 g/mol. The molecule has 1 heterocycles. The molecule has 0 saturated carbocycles. The molecule has 3 rings (SSSR count). The van der Waals surface area contributed by atoms with Gasteiger partial charge in [-0.2, -0.15) is 0 Å². The van der Waals surface area contributed by atoms with Crippen molar-refractivity contribution in [2.24, 2.45) is 0 Å². The number of hydrogen-bond donors (Lipinski definition) is 1. The maximum atomic E-state index is 13.3. The van der Waals surface area contributed by atoms with Crippen molar-refractivity contribution in [1.82, 2.24) is 5.06 Å². The van der Waals surface area contributed by atoms with Gasteiger partial charge in [0.25, 0.3) is 11.8 Å². The molecule has 7 nitrogen and oxygen atoms in total. The molecule has 2 aromatic carbocycles. The highest BCUT2D eigenvalue weighted by Crippen LogP contribution is 2.23. The number of amides is 3. The van der Waals surface area contributed by atoms with Crippen LogP contribution in [0.4, 0.5) is 10.1 Å². The molecule has 0 bridgehead atoms. The number of imide groups is 1. The second-order valence-corrected chi connectivity index (χ2v) is 5.32. The lowest BCUT2D eigenvalue weighted by atomic mass is 10.1. The molecule has 9 heteroatoms. The quantitative estimate of drug-likeness (QED) is 0.653. The molecule has 1 N–H and O–H groups in total. The molecule has 0 aromatic heterocycles. The molecule has 0 saturated heterocycles. The summed E-state index contributed by atoms with van der Waals surface area (Å²) in [7, 11) is 0. The van der Waals surface area contributed by atoms with Crippen LogP contribution in [-0.4, -0.2) is 28.8 Å². The molecule has 0 fully saturated rings. The van der Waals surface area contributed by atoms with E-state index in [2.05, 4.69) is 10.2 Å². The minimum absolute atomic E-state index is 0.0498. The van der Waals surface area contributed by atoms with Crippen LogP contribution >= 0.6 is 11.6 Å². The Balaban J connectivity index is 1.70. The average molecular weight is 363 g/mol. The number of nitrogens with one attached hydrogen (secondary N) is 1. The minimum atomic E-state index is -1.51. The third-order valence-corrected chi connectivity index (χ3v) is 3.60. The maximum absolute atomic E-state index is 13.3. The van der Waals surface area contributed by atoms with Gasteiger partial charge in [0.15, 0.2) is 0 Å². The minimum Gasteiger partial charge on any atom is -0.320 e. The third kappa shape index (κ3) is 3.07. The van der Waals surface area contributed by atoms with E-state index in [1.165, 1.54) is 36.4 Å². The van der Waals surface area contributed by atoms with Gasteiger partial charge in [-0.05, 0) is 30.3 Å². The van der Waals surface area contributed by atoms with Gasteiger partial charge in [-0.1, -0.05) is 28.8 Å². The van der Waals surface area contributed by atoms with Crippen molar-refractivity contribution in [2.45, 2.75) is 0 Å². The number of benzene rings is 2. The van der Waals surface area contributed by atoms with E-state index in [1.807, 2.05) is 0 Å². The van der Waals surface area contributed by atoms with Gasteiger partial charge in [0, 0.05) is 5.69 Å². The lowest BCUT2D eigenvalue weighted by Crippen LogP contribution is -2.37. The zero-order chi connectivity index (χ0) is 18.1. The number of hydroxylamine groups is 2. The SMILES string of the molecule is O=C(Nc1ccc(Cl)c(F)c1)C(=O)ON1C(=O)c2ccccc2C1=O. The highest BCUT2D eigenvalue weighted by Gasteiger charge is 2.39. The van der Waals surface area contributed by atoms with Gasteiger partial charge in [-0.15, -0.1) is 0 Å². The molecule has 1 aliphatic rings. The molecule has 2 aromatic rings. The van der Waals surface area contributed by atoms with Crippen LogP contribution in [0.15, 0.2) is 42.5 Å². The summed E-state index contributed by atoms with van der Waals surface area (Å²) in [6.07, 6.45) is 0. The van der Waals surface area contributed by atoms with Crippen LogP contribution in [0.1, 0.15) is 20.7 Å². The second kappa shape index (κ2) is 6.33. The maximum Gasteiger partial charge on any atom is 0.421 e. The second-order valence-electron chi connectivity index (χ2n) is 4.91. The largest absolute Gasteiger partial charge is 0.421 e. The standard InChI is InChI=1S/C16H8ClFN2O5/c17-11-6-5-8(7-12(11)18)19-13(21)16(24)25-20-14(22)9-3-1-2-4-10(9)15(20)23/h1-7H,(H,19,21). The van der Waals surface area contributed by atoms with E-state index in [-0.39, 0.29) is 26.9 Å². The Morgan fingerprint density at radius 1 is 1.04 bits per heavy atom. The molecule has 3 amide bonds. The molecule has 126 valence electrons. The van der Waals surface area contributed by atoms with Gasteiger partial charge in [0.05, 0.1) is 16.1 Å². The van der Waals surface area contributed by atoms with Crippen molar-refractivity contribution >= 4 is 41.0 Å². The summed E-state index contributed by atoms with van der Waals surface area (Å²) in [5, 5.41) is 2.12. The van der Waals surface area contributed by atoms with E-state index in [9.17, 15) is 23.6 Å². The Morgan fingerprint density at radius 3 is 2.20 bits per heavy atom. The highest BCUT2D eigenvalue weighted by atomic mass is 35.5. The highest BCUT2D eigenvalue weighted by molar-refractivity contribution is 6.38. The first-order valence-corrected chi connectivity index (χ1v) is 7.22. The first kappa shape index (κ1) is 16.6. The lowest BCUT2D eigenvalue weighted by molar-refractivity contribution is -0.172. The predicted molar refractivity (Wildman–Crippen MR) is 83.1 cm³/mol. The summed E-state index contributed by atoms with van der Waals surface area (Å²) in [6.45, 7) is 0. The van der Waals surface area contributed by atoms with E-state index >= 15 is 0 Å². The predicted octanol–water partition coefficient (Wildman–Crippen LogP) is 2.17. The molecular weight excluding hydrogens is 355 g/mol. The summed E-state index contributed by atoms with van der Waals surface area (Å²) in [4.78, 5) is 52.2. The Labute approximate surface area is 144 Å². The van der Waals surface area contributed by atoms with E-state index in [0.29, 0.717) is 0 Å². The third-order valence-electron chi connectivity index (χ3n) is 3.29. The van der Waals surface area contributed by atoms with Gasteiger partial charge >= 0.3 is 11.9 Å². The number of halogens is 2. The summed E-state index contributed by atoms with van der Waals surface area (Å²) >= 11 is 5.51. The smallest absolute Gasteiger partial charge is 0.320 e. The Hall–Kier alpha value is -3.26. The van der Waals surface area contributed by atoms with Crippen LogP contribution in [0.5, 0.6) is 0 Å². The summed E-state index contributed by atoms with van der Waals surface area (Å²) in [5.41, 5.74) is 0.0622. The number of carbonyl (C=O) groups excluding carboxylic acids is 4.